The van der Waals surface area contributed by atoms with Gasteiger partial charge in [-0.25, -0.2) is 4.98 Å². The van der Waals surface area contributed by atoms with Crippen molar-refractivity contribution in [2.45, 2.75) is 51.6 Å². The van der Waals surface area contributed by atoms with Crippen molar-refractivity contribution in [3.05, 3.63) is 40.9 Å². The lowest BCUT2D eigenvalue weighted by Gasteiger charge is -2.35. The highest BCUT2D eigenvalue weighted by Crippen LogP contribution is 2.20. The Morgan fingerprint density at radius 2 is 2.07 bits per heavy atom. The van der Waals surface area contributed by atoms with Crippen molar-refractivity contribution in [3.8, 4) is 0 Å². The van der Waals surface area contributed by atoms with E-state index in [0.29, 0.717) is 16.9 Å². The maximum Gasteiger partial charge on any atom is 0.261 e. The van der Waals surface area contributed by atoms with Crippen LogP contribution in [0.3, 0.4) is 0 Å². The molecule has 0 saturated carbocycles. The van der Waals surface area contributed by atoms with Crippen molar-refractivity contribution in [2.75, 3.05) is 13.1 Å². The van der Waals surface area contributed by atoms with Gasteiger partial charge < -0.3 is 10.2 Å². The molecule has 1 aliphatic heterocycles. The van der Waals surface area contributed by atoms with Gasteiger partial charge in [-0.1, -0.05) is 19.1 Å². The van der Waals surface area contributed by atoms with Gasteiger partial charge in [0.2, 0.25) is 11.8 Å². The quantitative estimate of drug-likeness (QED) is 0.839. The van der Waals surface area contributed by atoms with E-state index in [1.54, 1.807) is 18.2 Å². The Morgan fingerprint density at radius 3 is 2.89 bits per heavy atom. The van der Waals surface area contributed by atoms with Gasteiger partial charge >= 0.3 is 0 Å². The van der Waals surface area contributed by atoms with E-state index in [1.165, 1.54) is 17.3 Å². The fourth-order valence-corrected chi connectivity index (χ4v) is 3.64. The molecule has 1 aromatic carbocycles. The van der Waals surface area contributed by atoms with Crippen molar-refractivity contribution in [2.24, 2.45) is 0 Å². The third kappa shape index (κ3) is 4.53. The molecule has 1 N–H and O–H groups in total. The van der Waals surface area contributed by atoms with Crippen molar-refractivity contribution in [3.63, 3.8) is 0 Å². The summed E-state index contributed by atoms with van der Waals surface area (Å²) in [5, 5.41) is 3.22. The van der Waals surface area contributed by atoms with E-state index in [0.717, 1.165) is 25.8 Å². The summed E-state index contributed by atoms with van der Waals surface area (Å²) >= 11 is 0. The zero-order valence-electron chi connectivity index (χ0n) is 15.7. The molecule has 2 amide bonds. The number of fused-ring (bicyclic) bond motifs is 1. The molecule has 27 heavy (non-hydrogen) atoms. The number of rotatable bonds is 6. The van der Waals surface area contributed by atoms with Crippen LogP contribution in [0, 0.1) is 0 Å². The van der Waals surface area contributed by atoms with Crippen LogP contribution in [0.5, 0.6) is 0 Å². The first-order valence-electron chi connectivity index (χ1n) is 9.60. The summed E-state index contributed by atoms with van der Waals surface area (Å²) in [7, 11) is 0. The van der Waals surface area contributed by atoms with Crippen LogP contribution < -0.4 is 10.9 Å². The van der Waals surface area contributed by atoms with Gasteiger partial charge in [0.1, 0.15) is 6.54 Å². The lowest BCUT2D eigenvalue weighted by Crippen LogP contribution is -2.44. The average molecular weight is 370 g/mol. The number of piperidine rings is 1. The van der Waals surface area contributed by atoms with Gasteiger partial charge in [-0.2, -0.15) is 0 Å². The molecule has 1 aliphatic rings. The van der Waals surface area contributed by atoms with E-state index in [9.17, 15) is 14.4 Å². The number of likely N-dealkylation sites (tertiary alicyclic amines) is 1. The lowest BCUT2D eigenvalue weighted by atomic mass is 9.99. The molecule has 3 rings (SSSR count). The molecule has 7 heteroatoms. The summed E-state index contributed by atoms with van der Waals surface area (Å²) in [6.45, 7) is 3.09. The van der Waals surface area contributed by atoms with Gasteiger partial charge in [-0.15, -0.1) is 0 Å². The highest BCUT2D eigenvalue weighted by atomic mass is 16.2. The predicted molar refractivity (Wildman–Crippen MR) is 103 cm³/mol. The Kier molecular flexibility index (Phi) is 6.21. The molecule has 1 fully saturated rings. The number of nitrogens with one attached hydrogen (secondary N) is 1. The second kappa shape index (κ2) is 8.79. The molecule has 0 radical (unpaired) electrons. The molecular weight excluding hydrogens is 344 g/mol. The predicted octanol–water partition coefficient (Wildman–Crippen LogP) is 1.69. The summed E-state index contributed by atoms with van der Waals surface area (Å²) in [6, 6.07) is 7.36. The van der Waals surface area contributed by atoms with Crippen molar-refractivity contribution in [1.29, 1.82) is 0 Å². The Bertz CT molecular complexity index is 877. The zero-order valence-corrected chi connectivity index (χ0v) is 15.7. The molecule has 1 saturated heterocycles. The minimum absolute atomic E-state index is 0.0892. The maximum absolute atomic E-state index is 12.4. The minimum atomic E-state index is -0.298. The minimum Gasteiger partial charge on any atom is -0.354 e. The van der Waals surface area contributed by atoms with E-state index < -0.39 is 0 Å². The van der Waals surface area contributed by atoms with E-state index >= 15 is 0 Å². The fraction of sp³-hybridized carbons (Fsp3) is 0.500. The number of benzene rings is 1. The molecule has 2 aromatic rings. The van der Waals surface area contributed by atoms with Gasteiger partial charge in [0, 0.05) is 25.6 Å². The zero-order chi connectivity index (χ0) is 19.2. The van der Waals surface area contributed by atoms with Crippen LogP contribution in [0.15, 0.2) is 35.4 Å². The van der Waals surface area contributed by atoms with Crippen LogP contribution in [-0.2, 0) is 16.1 Å². The Morgan fingerprint density at radius 1 is 1.26 bits per heavy atom. The maximum atomic E-state index is 12.4. The number of hydrogen-bond donors (Lipinski definition) is 1. The molecule has 0 spiro atoms. The Labute approximate surface area is 158 Å². The largest absolute Gasteiger partial charge is 0.354 e. The third-order valence-corrected chi connectivity index (χ3v) is 5.13. The van der Waals surface area contributed by atoms with E-state index in [-0.39, 0.29) is 36.9 Å². The molecular formula is C20H26N4O3. The molecule has 1 aromatic heterocycles. The first-order valence-corrected chi connectivity index (χ1v) is 9.60. The van der Waals surface area contributed by atoms with E-state index in [2.05, 4.69) is 17.2 Å². The van der Waals surface area contributed by atoms with E-state index in [4.69, 9.17) is 0 Å². The summed E-state index contributed by atoms with van der Waals surface area (Å²) in [5.41, 5.74) is 0.364. The van der Waals surface area contributed by atoms with Crippen LogP contribution in [0.1, 0.15) is 39.0 Å². The SMILES string of the molecule is CC[C@@H]1CCCCN1C(=O)CCNC(=O)Cn1cnc2ccccc2c1=O. The molecule has 0 aliphatic carbocycles. The Balaban J connectivity index is 1.52. The highest BCUT2D eigenvalue weighted by molar-refractivity contribution is 5.80. The van der Waals surface area contributed by atoms with Gasteiger partial charge in [0.05, 0.1) is 17.2 Å². The number of carbonyl (C=O) groups excluding carboxylic acids is 2. The van der Waals surface area contributed by atoms with Crippen molar-refractivity contribution in [1.82, 2.24) is 19.8 Å². The number of carbonyl (C=O) groups is 2. The van der Waals surface area contributed by atoms with Crippen LogP contribution in [0.2, 0.25) is 0 Å². The van der Waals surface area contributed by atoms with Gasteiger partial charge in [0.15, 0.2) is 0 Å². The fourth-order valence-electron chi connectivity index (χ4n) is 3.64. The van der Waals surface area contributed by atoms with Gasteiger partial charge in [0.25, 0.3) is 5.56 Å². The number of nitrogens with zero attached hydrogens (tertiary/aromatic N) is 3. The van der Waals surface area contributed by atoms with Gasteiger partial charge in [-0.05, 0) is 37.8 Å². The summed E-state index contributed by atoms with van der Waals surface area (Å²) in [4.78, 5) is 43.1. The molecule has 2 heterocycles. The smallest absolute Gasteiger partial charge is 0.261 e. The normalized spacial score (nSPS) is 17.1. The first kappa shape index (κ1) is 19.1. The Hall–Kier alpha value is -2.70. The molecule has 144 valence electrons. The highest BCUT2D eigenvalue weighted by Gasteiger charge is 2.24. The monoisotopic (exact) mass is 370 g/mol. The first-order chi connectivity index (χ1) is 13.1. The summed E-state index contributed by atoms with van der Waals surface area (Å²) in [5.74, 6) is -0.209. The second-order valence-corrected chi connectivity index (χ2v) is 6.94. The number of aromatic nitrogens is 2. The summed E-state index contributed by atoms with van der Waals surface area (Å²) < 4.78 is 1.29. The third-order valence-electron chi connectivity index (χ3n) is 5.13. The van der Waals surface area contributed by atoms with Crippen LogP contribution >= 0.6 is 0 Å². The second-order valence-electron chi connectivity index (χ2n) is 6.94. The number of hydrogen-bond acceptors (Lipinski definition) is 4. The standard InChI is InChI=1S/C20H26N4O3/c1-2-15-7-5-6-12-24(15)19(26)10-11-21-18(25)13-23-14-22-17-9-4-3-8-16(17)20(23)27/h3-4,8-9,14-15H,2,5-7,10-13H2,1H3,(H,21,25)/t15-/m1/s1. The molecule has 0 unspecified atom stereocenters. The number of amides is 2. The van der Waals surface area contributed by atoms with E-state index in [1.807, 2.05) is 11.0 Å². The van der Waals surface area contributed by atoms with Crippen LogP contribution in [0.25, 0.3) is 10.9 Å². The van der Waals surface area contributed by atoms with Gasteiger partial charge in [-0.3, -0.25) is 19.0 Å². The van der Waals surface area contributed by atoms with Crippen molar-refractivity contribution < 1.29 is 9.59 Å². The summed E-state index contributed by atoms with van der Waals surface area (Å²) in [6.07, 6.45) is 5.92. The lowest BCUT2D eigenvalue weighted by molar-refractivity contribution is -0.134. The van der Waals surface area contributed by atoms with Crippen molar-refractivity contribution >= 4 is 22.7 Å². The topological polar surface area (TPSA) is 84.3 Å². The molecule has 1 atom stereocenters. The molecule has 7 nitrogen and oxygen atoms in total. The van der Waals surface area contributed by atoms with Crippen LogP contribution in [0.4, 0.5) is 0 Å². The number of para-hydroxylation sites is 1. The average Bonchev–Trinajstić information content (AvgIpc) is 2.70. The molecule has 0 bridgehead atoms. The van der Waals surface area contributed by atoms with Crippen LogP contribution in [-0.4, -0.2) is 45.4 Å².